The number of hydrogen-bond donors (Lipinski definition) is 0. The first-order valence-corrected chi connectivity index (χ1v) is 9.07. The minimum absolute atomic E-state index is 0.0874. The van der Waals surface area contributed by atoms with Gasteiger partial charge in [0.15, 0.2) is 5.79 Å². The average Bonchev–Trinajstić information content (AvgIpc) is 2.87. The van der Waals surface area contributed by atoms with Crippen LogP contribution in [-0.2, 0) is 36.2 Å². The highest BCUT2D eigenvalue weighted by Crippen LogP contribution is 2.25. The van der Waals surface area contributed by atoms with E-state index in [4.69, 9.17) is 9.47 Å². The number of esters is 1. The molecule has 2 atom stereocenters. The van der Waals surface area contributed by atoms with Crippen LogP contribution in [0.2, 0.25) is 0 Å². The van der Waals surface area contributed by atoms with Crippen LogP contribution in [0, 0.1) is 0 Å². The lowest BCUT2D eigenvalue weighted by molar-refractivity contribution is -0.140. The summed E-state index contributed by atoms with van der Waals surface area (Å²) in [6.07, 6.45) is 1.98. The molecule has 128 valence electrons. The minimum atomic E-state index is -1.04. The SMILES string of the molecule is COC(=O)Cc1ccc(S(=O)CCCC2COC(C)(C)O2)cc1. The van der Waals surface area contributed by atoms with Crippen molar-refractivity contribution in [3.05, 3.63) is 29.8 Å². The second-order valence-corrected chi connectivity index (χ2v) is 7.61. The molecule has 1 aliphatic heterocycles. The van der Waals surface area contributed by atoms with E-state index in [0.29, 0.717) is 12.4 Å². The van der Waals surface area contributed by atoms with E-state index in [1.165, 1.54) is 7.11 Å². The van der Waals surface area contributed by atoms with Crippen LogP contribution in [0.1, 0.15) is 32.3 Å². The van der Waals surface area contributed by atoms with Crippen molar-refractivity contribution in [3.63, 3.8) is 0 Å². The summed E-state index contributed by atoms with van der Waals surface area (Å²) < 4.78 is 28.2. The summed E-state index contributed by atoms with van der Waals surface area (Å²) in [5, 5.41) is 0. The second-order valence-electron chi connectivity index (χ2n) is 6.04. The Labute approximate surface area is 139 Å². The third-order valence-corrected chi connectivity index (χ3v) is 5.14. The molecule has 1 saturated heterocycles. The molecule has 0 aromatic heterocycles. The van der Waals surface area contributed by atoms with Gasteiger partial charge >= 0.3 is 5.97 Å². The van der Waals surface area contributed by atoms with Gasteiger partial charge in [-0.15, -0.1) is 0 Å². The van der Waals surface area contributed by atoms with Crippen LogP contribution in [-0.4, -0.2) is 41.5 Å². The van der Waals surface area contributed by atoms with Gasteiger partial charge in [0.2, 0.25) is 0 Å². The number of hydrogen-bond acceptors (Lipinski definition) is 5. The third kappa shape index (κ3) is 5.71. The van der Waals surface area contributed by atoms with Gasteiger partial charge in [-0.2, -0.15) is 0 Å². The molecule has 1 aromatic rings. The fourth-order valence-electron chi connectivity index (χ4n) is 2.46. The largest absolute Gasteiger partial charge is 0.469 e. The smallest absolute Gasteiger partial charge is 0.309 e. The van der Waals surface area contributed by atoms with E-state index in [9.17, 15) is 9.00 Å². The van der Waals surface area contributed by atoms with Crippen LogP contribution in [0.25, 0.3) is 0 Å². The van der Waals surface area contributed by atoms with Gasteiger partial charge < -0.3 is 14.2 Å². The molecule has 2 unspecified atom stereocenters. The number of methoxy groups -OCH3 is 1. The first-order chi connectivity index (χ1) is 10.9. The Morgan fingerprint density at radius 3 is 2.61 bits per heavy atom. The molecule has 0 saturated carbocycles. The van der Waals surface area contributed by atoms with E-state index in [1.54, 1.807) is 0 Å². The lowest BCUT2D eigenvalue weighted by atomic mass is 10.2. The normalized spacial score (nSPS) is 21.1. The molecule has 0 aliphatic carbocycles. The Morgan fingerprint density at radius 1 is 1.35 bits per heavy atom. The topological polar surface area (TPSA) is 61.8 Å². The Balaban J connectivity index is 1.76. The number of carbonyl (C=O) groups is 1. The Kier molecular flexibility index (Phi) is 6.33. The van der Waals surface area contributed by atoms with E-state index in [0.717, 1.165) is 23.3 Å². The molecule has 0 N–H and O–H groups in total. The molecule has 1 aliphatic rings. The number of rotatable bonds is 7. The number of carbonyl (C=O) groups excluding carboxylic acids is 1. The highest BCUT2D eigenvalue weighted by atomic mass is 32.2. The van der Waals surface area contributed by atoms with Crippen molar-refractivity contribution in [3.8, 4) is 0 Å². The third-order valence-electron chi connectivity index (χ3n) is 3.69. The van der Waals surface area contributed by atoms with Crippen molar-refractivity contribution >= 4 is 16.8 Å². The van der Waals surface area contributed by atoms with Gasteiger partial charge in [0, 0.05) is 10.6 Å². The summed E-state index contributed by atoms with van der Waals surface area (Å²) in [7, 11) is 0.329. The van der Waals surface area contributed by atoms with E-state index in [1.807, 2.05) is 38.1 Å². The van der Waals surface area contributed by atoms with E-state index in [2.05, 4.69) is 4.74 Å². The van der Waals surface area contributed by atoms with Gasteiger partial charge in [-0.05, 0) is 44.4 Å². The molecule has 1 fully saturated rings. The van der Waals surface area contributed by atoms with Crippen molar-refractivity contribution in [1.29, 1.82) is 0 Å². The van der Waals surface area contributed by atoms with Gasteiger partial charge in [-0.3, -0.25) is 9.00 Å². The van der Waals surface area contributed by atoms with E-state index in [-0.39, 0.29) is 18.5 Å². The first-order valence-electron chi connectivity index (χ1n) is 7.75. The van der Waals surface area contributed by atoms with Crippen LogP contribution in [0.5, 0.6) is 0 Å². The molecule has 5 nitrogen and oxygen atoms in total. The van der Waals surface area contributed by atoms with Crippen LogP contribution >= 0.6 is 0 Å². The maximum absolute atomic E-state index is 12.3. The summed E-state index contributed by atoms with van der Waals surface area (Å²) in [4.78, 5) is 12.0. The zero-order valence-corrected chi connectivity index (χ0v) is 14.7. The summed E-state index contributed by atoms with van der Waals surface area (Å²) in [5.74, 6) is -0.184. The Hall–Kier alpha value is -1.24. The monoisotopic (exact) mass is 340 g/mol. The van der Waals surface area contributed by atoms with E-state index >= 15 is 0 Å². The molecular formula is C17H24O5S. The van der Waals surface area contributed by atoms with Crippen molar-refractivity contribution in [2.75, 3.05) is 19.5 Å². The zero-order valence-electron chi connectivity index (χ0n) is 13.9. The lowest BCUT2D eigenvalue weighted by Gasteiger charge is -2.16. The van der Waals surface area contributed by atoms with Crippen LogP contribution in [0.4, 0.5) is 0 Å². The van der Waals surface area contributed by atoms with Gasteiger partial charge in [-0.25, -0.2) is 0 Å². The molecule has 1 aromatic carbocycles. The predicted molar refractivity (Wildman–Crippen MR) is 87.6 cm³/mol. The first kappa shape index (κ1) is 18.1. The van der Waals surface area contributed by atoms with Crippen LogP contribution < -0.4 is 0 Å². The second kappa shape index (κ2) is 8.04. The number of benzene rings is 1. The minimum Gasteiger partial charge on any atom is -0.469 e. The summed E-state index contributed by atoms with van der Waals surface area (Å²) in [6, 6.07) is 7.26. The van der Waals surface area contributed by atoms with Crippen molar-refractivity contribution in [2.24, 2.45) is 0 Å². The predicted octanol–water partition coefficient (Wildman–Crippen LogP) is 2.44. The van der Waals surface area contributed by atoms with E-state index < -0.39 is 16.6 Å². The molecule has 0 spiro atoms. The lowest BCUT2D eigenvalue weighted by Crippen LogP contribution is -2.21. The average molecular weight is 340 g/mol. The molecule has 0 radical (unpaired) electrons. The molecule has 23 heavy (non-hydrogen) atoms. The van der Waals surface area contributed by atoms with Crippen molar-refractivity contribution in [1.82, 2.24) is 0 Å². The Bertz CT molecular complexity index is 553. The summed E-state index contributed by atoms with van der Waals surface area (Å²) >= 11 is 0. The molecular weight excluding hydrogens is 316 g/mol. The fraction of sp³-hybridized carbons (Fsp3) is 0.588. The molecule has 2 rings (SSSR count). The van der Waals surface area contributed by atoms with Crippen molar-refractivity contribution in [2.45, 2.75) is 49.9 Å². The molecule has 6 heteroatoms. The fourth-order valence-corrected chi connectivity index (χ4v) is 3.57. The maximum Gasteiger partial charge on any atom is 0.309 e. The highest BCUT2D eigenvalue weighted by Gasteiger charge is 2.32. The highest BCUT2D eigenvalue weighted by molar-refractivity contribution is 7.85. The quantitative estimate of drug-likeness (QED) is 0.714. The van der Waals surface area contributed by atoms with Crippen LogP contribution in [0.15, 0.2) is 29.2 Å². The van der Waals surface area contributed by atoms with Gasteiger partial charge in [0.1, 0.15) is 0 Å². The summed E-state index contributed by atoms with van der Waals surface area (Å²) in [5.41, 5.74) is 0.858. The van der Waals surface area contributed by atoms with Crippen molar-refractivity contribution < 1.29 is 23.2 Å². The van der Waals surface area contributed by atoms with Gasteiger partial charge in [0.25, 0.3) is 0 Å². The molecule has 0 amide bonds. The van der Waals surface area contributed by atoms with Gasteiger partial charge in [-0.1, -0.05) is 12.1 Å². The molecule has 0 bridgehead atoms. The standard InChI is InChI=1S/C17H24O5S/c1-17(2)21-12-14(22-17)5-4-10-23(19)15-8-6-13(7-9-15)11-16(18)20-3/h6-9,14H,4-5,10-12H2,1-3H3. The summed E-state index contributed by atoms with van der Waals surface area (Å²) in [6.45, 7) is 4.41. The number of ether oxygens (including phenoxy) is 3. The van der Waals surface area contributed by atoms with Crippen LogP contribution in [0.3, 0.4) is 0 Å². The molecule has 1 heterocycles. The van der Waals surface area contributed by atoms with Gasteiger partial charge in [0.05, 0.1) is 37.0 Å². The Morgan fingerprint density at radius 2 is 2.04 bits per heavy atom. The maximum atomic E-state index is 12.3. The zero-order chi connectivity index (χ0) is 16.9.